The van der Waals surface area contributed by atoms with Crippen LogP contribution in [-0.2, 0) is 14.3 Å². The van der Waals surface area contributed by atoms with Crippen LogP contribution >= 0.6 is 0 Å². The lowest BCUT2D eigenvalue weighted by Gasteiger charge is -2.07. The number of esters is 1. The monoisotopic (exact) mass is 294 g/mol. The maximum Gasteiger partial charge on any atom is 0.309 e. The van der Waals surface area contributed by atoms with E-state index in [0.29, 0.717) is 31.1 Å². The minimum Gasteiger partial charge on any atom is -0.463 e. The normalized spacial score (nSPS) is 20.6. The van der Waals surface area contributed by atoms with Gasteiger partial charge in [0, 0.05) is 12.5 Å². The second kappa shape index (κ2) is 7.55. The maximum atomic E-state index is 13.6. The molecule has 0 heterocycles. The largest absolute Gasteiger partial charge is 0.463 e. The molecule has 116 valence electrons. The molecule has 1 aromatic rings. The van der Waals surface area contributed by atoms with Gasteiger partial charge in [-0.2, -0.15) is 0 Å². The van der Waals surface area contributed by atoms with Gasteiger partial charge in [0.25, 0.3) is 0 Å². The van der Waals surface area contributed by atoms with Crippen LogP contribution < -0.4 is 0 Å². The molecule has 0 radical (unpaired) electrons. The molecule has 0 aromatic heterocycles. The van der Waals surface area contributed by atoms with Crippen LogP contribution in [0, 0.1) is 17.7 Å². The summed E-state index contributed by atoms with van der Waals surface area (Å²) < 4.78 is 24.2. The van der Waals surface area contributed by atoms with Crippen LogP contribution in [0.1, 0.15) is 38.2 Å². The first kappa shape index (κ1) is 16.0. The Labute approximate surface area is 125 Å². The van der Waals surface area contributed by atoms with Gasteiger partial charge in [0.15, 0.2) is 0 Å². The van der Waals surface area contributed by atoms with Crippen molar-refractivity contribution >= 4 is 5.97 Å². The molecule has 0 saturated heterocycles. The summed E-state index contributed by atoms with van der Waals surface area (Å²) in [5.41, 5.74) is 0.618. The van der Waals surface area contributed by atoms with E-state index < -0.39 is 0 Å². The average Bonchev–Trinajstić information content (AvgIpc) is 3.23. The summed E-state index contributed by atoms with van der Waals surface area (Å²) in [5.74, 6) is -0.0933. The molecule has 0 N–H and O–H groups in total. The van der Waals surface area contributed by atoms with Crippen molar-refractivity contribution in [3.8, 4) is 0 Å². The minimum atomic E-state index is -0.241. The second-order valence-corrected chi connectivity index (χ2v) is 5.93. The Hall–Kier alpha value is -1.42. The van der Waals surface area contributed by atoms with Crippen LogP contribution in [0.5, 0.6) is 0 Å². The van der Waals surface area contributed by atoms with Crippen LogP contribution in [0.15, 0.2) is 24.3 Å². The fraction of sp³-hybridized carbons (Fsp3) is 0.588. The van der Waals surface area contributed by atoms with Crippen molar-refractivity contribution in [1.82, 2.24) is 0 Å². The van der Waals surface area contributed by atoms with Gasteiger partial charge >= 0.3 is 5.97 Å². The summed E-state index contributed by atoms with van der Waals surface area (Å²) in [6.45, 7) is 5.67. The molecule has 2 atom stereocenters. The van der Waals surface area contributed by atoms with Crippen molar-refractivity contribution in [2.75, 3.05) is 19.8 Å². The molecule has 0 spiro atoms. The first-order valence-corrected chi connectivity index (χ1v) is 7.58. The van der Waals surface area contributed by atoms with Crippen LogP contribution in [-0.4, -0.2) is 25.8 Å². The van der Waals surface area contributed by atoms with Gasteiger partial charge in [-0.3, -0.25) is 4.79 Å². The zero-order valence-electron chi connectivity index (χ0n) is 12.7. The smallest absolute Gasteiger partial charge is 0.309 e. The molecule has 1 aromatic carbocycles. The van der Waals surface area contributed by atoms with Crippen molar-refractivity contribution < 1.29 is 18.7 Å². The summed E-state index contributed by atoms with van der Waals surface area (Å²) >= 11 is 0. The first-order chi connectivity index (χ1) is 10.1. The van der Waals surface area contributed by atoms with E-state index in [2.05, 4.69) is 13.8 Å². The third kappa shape index (κ3) is 4.81. The summed E-state index contributed by atoms with van der Waals surface area (Å²) in [5, 5.41) is 0. The Morgan fingerprint density at radius 2 is 2.05 bits per heavy atom. The highest BCUT2D eigenvalue weighted by atomic mass is 19.1. The molecular formula is C17H23FO3. The Bertz CT molecular complexity index is 473. The quantitative estimate of drug-likeness (QED) is 0.543. The molecule has 0 bridgehead atoms. The molecule has 1 aliphatic carbocycles. The number of hydrogen-bond donors (Lipinski definition) is 0. The summed E-state index contributed by atoms with van der Waals surface area (Å²) in [7, 11) is 0. The lowest BCUT2D eigenvalue weighted by molar-refractivity contribution is -0.146. The molecule has 0 aliphatic heterocycles. The topological polar surface area (TPSA) is 35.5 Å². The summed E-state index contributed by atoms with van der Waals surface area (Å²) in [6, 6.07) is 6.62. The van der Waals surface area contributed by atoms with E-state index in [1.165, 1.54) is 6.07 Å². The molecular weight excluding hydrogens is 271 g/mol. The van der Waals surface area contributed by atoms with Crippen molar-refractivity contribution in [2.24, 2.45) is 11.8 Å². The zero-order valence-corrected chi connectivity index (χ0v) is 12.7. The summed E-state index contributed by atoms with van der Waals surface area (Å²) in [4.78, 5) is 11.8. The third-order valence-corrected chi connectivity index (χ3v) is 3.71. The van der Waals surface area contributed by atoms with E-state index in [9.17, 15) is 9.18 Å². The van der Waals surface area contributed by atoms with Crippen molar-refractivity contribution in [1.29, 1.82) is 0 Å². The molecule has 3 nitrogen and oxygen atoms in total. The lowest BCUT2D eigenvalue weighted by Crippen LogP contribution is -2.13. The van der Waals surface area contributed by atoms with Gasteiger partial charge in [0.1, 0.15) is 12.4 Å². The summed E-state index contributed by atoms with van der Waals surface area (Å²) in [6.07, 6.45) is 1.68. The van der Waals surface area contributed by atoms with Crippen molar-refractivity contribution in [3.05, 3.63) is 35.6 Å². The van der Waals surface area contributed by atoms with Gasteiger partial charge < -0.3 is 9.47 Å². The van der Waals surface area contributed by atoms with Gasteiger partial charge in [0.2, 0.25) is 0 Å². The standard InChI is InChI=1S/C17H23FO3/c1-12(2)7-8-20-9-10-21-17(19)15-11-14(15)13-5-3-4-6-16(13)18/h3-6,12,14-15H,7-11H2,1-2H3. The van der Waals surface area contributed by atoms with E-state index in [4.69, 9.17) is 9.47 Å². The molecule has 2 unspecified atom stereocenters. The molecule has 4 heteroatoms. The number of rotatable bonds is 8. The number of benzene rings is 1. The number of ether oxygens (including phenoxy) is 2. The van der Waals surface area contributed by atoms with Gasteiger partial charge in [-0.1, -0.05) is 32.0 Å². The predicted molar refractivity (Wildman–Crippen MR) is 78.5 cm³/mol. The van der Waals surface area contributed by atoms with Gasteiger partial charge in [0.05, 0.1) is 12.5 Å². The SMILES string of the molecule is CC(C)CCOCCOC(=O)C1CC1c1ccccc1F. The van der Waals surface area contributed by atoms with Gasteiger partial charge in [-0.25, -0.2) is 4.39 Å². The van der Waals surface area contributed by atoms with Crippen molar-refractivity contribution in [3.63, 3.8) is 0 Å². The highest BCUT2D eigenvalue weighted by Gasteiger charge is 2.46. The molecule has 0 amide bonds. The van der Waals surface area contributed by atoms with Crippen LogP contribution in [0.3, 0.4) is 0 Å². The molecule has 1 saturated carbocycles. The van der Waals surface area contributed by atoms with E-state index in [0.717, 1.165) is 6.42 Å². The number of hydrogen-bond acceptors (Lipinski definition) is 3. The Balaban J connectivity index is 1.64. The Morgan fingerprint density at radius 3 is 2.76 bits per heavy atom. The second-order valence-electron chi connectivity index (χ2n) is 5.93. The minimum absolute atomic E-state index is 0.0273. The fourth-order valence-corrected chi connectivity index (χ4v) is 2.30. The molecule has 21 heavy (non-hydrogen) atoms. The van der Waals surface area contributed by atoms with Crippen LogP contribution in [0.2, 0.25) is 0 Å². The highest BCUT2D eigenvalue weighted by molar-refractivity contribution is 5.77. The van der Waals surface area contributed by atoms with E-state index in [1.807, 2.05) is 0 Å². The Kier molecular flexibility index (Phi) is 5.74. The fourth-order valence-electron chi connectivity index (χ4n) is 2.30. The van der Waals surface area contributed by atoms with E-state index in [-0.39, 0.29) is 30.2 Å². The van der Waals surface area contributed by atoms with Gasteiger partial charge in [-0.05, 0) is 30.4 Å². The van der Waals surface area contributed by atoms with E-state index in [1.54, 1.807) is 18.2 Å². The average molecular weight is 294 g/mol. The molecule has 1 aliphatic rings. The Morgan fingerprint density at radius 1 is 1.29 bits per heavy atom. The maximum absolute atomic E-state index is 13.6. The van der Waals surface area contributed by atoms with Crippen LogP contribution in [0.25, 0.3) is 0 Å². The number of carbonyl (C=O) groups is 1. The van der Waals surface area contributed by atoms with E-state index >= 15 is 0 Å². The highest BCUT2D eigenvalue weighted by Crippen LogP contribution is 2.48. The molecule has 2 rings (SSSR count). The van der Waals surface area contributed by atoms with Gasteiger partial charge in [-0.15, -0.1) is 0 Å². The van der Waals surface area contributed by atoms with Crippen LogP contribution in [0.4, 0.5) is 4.39 Å². The molecule has 1 fully saturated rings. The predicted octanol–water partition coefficient (Wildman–Crippen LogP) is 3.54. The number of carbonyl (C=O) groups excluding carboxylic acids is 1. The first-order valence-electron chi connectivity index (χ1n) is 7.58. The third-order valence-electron chi connectivity index (χ3n) is 3.71. The van der Waals surface area contributed by atoms with Crippen molar-refractivity contribution in [2.45, 2.75) is 32.6 Å². The zero-order chi connectivity index (χ0) is 15.2. The number of halogens is 1. The lowest BCUT2D eigenvalue weighted by atomic mass is 10.1.